The third-order valence-corrected chi connectivity index (χ3v) is 5.25. The molecule has 1 amide bonds. The van der Waals surface area contributed by atoms with Crippen LogP contribution >= 0.6 is 27.5 Å². The van der Waals surface area contributed by atoms with Crippen molar-refractivity contribution in [3.63, 3.8) is 0 Å². The highest BCUT2D eigenvalue weighted by molar-refractivity contribution is 9.10. The Hall–Kier alpha value is -1.07. The predicted octanol–water partition coefficient (Wildman–Crippen LogP) is 3.75. The van der Waals surface area contributed by atoms with Gasteiger partial charge < -0.3 is 10.0 Å². The third-order valence-electron chi connectivity index (χ3n) is 4.24. The van der Waals surface area contributed by atoms with Gasteiger partial charge in [0, 0.05) is 28.5 Å². The monoisotopic (exact) mass is 387 g/mol. The van der Waals surface area contributed by atoms with Crippen LogP contribution in [0.4, 0.5) is 0 Å². The van der Waals surface area contributed by atoms with E-state index >= 15 is 0 Å². The number of hydrogen-bond donors (Lipinski definition) is 1. The summed E-state index contributed by atoms with van der Waals surface area (Å²) >= 11 is 9.43. The molecule has 1 aromatic carbocycles. The lowest BCUT2D eigenvalue weighted by Crippen LogP contribution is -2.49. The number of carboxylic acids is 1. The fourth-order valence-corrected chi connectivity index (χ4v) is 3.58. The zero-order chi connectivity index (χ0) is 16.3. The van der Waals surface area contributed by atoms with Crippen LogP contribution in [0.3, 0.4) is 0 Å². The first-order chi connectivity index (χ1) is 10.4. The quantitative estimate of drug-likeness (QED) is 0.854. The van der Waals surface area contributed by atoms with Gasteiger partial charge in [-0.15, -0.1) is 0 Å². The molecule has 1 fully saturated rings. The topological polar surface area (TPSA) is 57.6 Å². The van der Waals surface area contributed by atoms with Crippen LogP contribution in [-0.2, 0) is 16.0 Å². The molecule has 0 saturated carbocycles. The van der Waals surface area contributed by atoms with Crippen LogP contribution in [0.25, 0.3) is 0 Å². The van der Waals surface area contributed by atoms with Gasteiger partial charge in [-0.3, -0.25) is 9.59 Å². The van der Waals surface area contributed by atoms with Gasteiger partial charge in [0.1, 0.15) is 0 Å². The van der Waals surface area contributed by atoms with E-state index in [0.717, 1.165) is 16.5 Å². The average Bonchev–Trinajstić information content (AvgIpc) is 2.47. The van der Waals surface area contributed by atoms with Crippen LogP contribution in [0.1, 0.15) is 31.7 Å². The molecule has 1 heterocycles. The van der Waals surface area contributed by atoms with Crippen LogP contribution in [0.5, 0.6) is 0 Å². The Morgan fingerprint density at radius 1 is 1.45 bits per heavy atom. The van der Waals surface area contributed by atoms with E-state index in [-0.39, 0.29) is 11.9 Å². The van der Waals surface area contributed by atoms with Gasteiger partial charge >= 0.3 is 5.97 Å². The Labute approximate surface area is 143 Å². The van der Waals surface area contributed by atoms with E-state index in [9.17, 15) is 14.7 Å². The minimum Gasteiger partial charge on any atom is -0.481 e. The van der Waals surface area contributed by atoms with Crippen molar-refractivity contribution in [2.75, 3.05) is 6.54 Å². The van der Waals surface area contributed by atoms with Gasteiger partial charge in [0.25, 0.3) is 0 Å². The van der Waals surface area contributed by atoms with Gasteiger partial charge in [-0.25, -0.2) is 0 Å². The lowest BCUT2D eigenvalue weighted by molar-refractivity contribution is -0.149. The number of rotatable bonds is 4. The molecule has 0 bridgehead atoms. The second-order valence-corrected chi connectivity index (χ2v) is 6.94. The molecule has 4 nitrogen and oxygen atoms in total. The summed E-state index contributed by atoms with van der Waals surface area (Å²) in [6, 6.07) is 5.26. The van der Waals surface area contributed by atoms with E-state index in [2.05, 4.69) is 15.9 Å². The van der Waals surface area contributed by atoms with E-state index < -0.39 is 11.9 Å². The Balaban J connectivity index is 1.99. The molecule has 22 heavy (non-hydrogen) atoms. The number of carbonyl (C=O) groups is 2. The average molecular weight is 389 g/mol. The van der Waals surface area contributed by atoms with Gasteiger partial charge in [-0.1, -0.05) is 27.5 Å². The number of amides is 1. The standard InChI is InChI=1S/C16H19BrClNO3/c1-10-13(16(21)22)3-2-8-19(10)15(20)7-4-11-9-12(18)5-6-14(11)17/h5-6,9-10,13H,2-4,7-8H2,1H3,(H,21,22)/t10-,13-/m1/s1. The summed E-state index contributed by atoms with van der Waals surface area (Å²) in [6.45, 7) is 2.46. The van der Waals surface area contributed by atoms with E-state index in [4.69, 9.17) is 11.6 Å². The molecule has 1 aromatic rings. The van der Waals surface area contributed by atoms with E-state index in [1.807, 2.05) is 19.1 Å². The number of aliphatic carboxylic acids is 1. The Morgan fingerprint density at radius 3 is 2.86 bits per heavy atom. The van der Waals surface area contributed by atoms with Gasteiger partial charge in [-0.2, -0.15) is 0 Å². The number of hydrogen-bond acceptors (Lipinski definition) is 2. The molecule has 6 heteroatoms. The van der Waals surface area contributed by atoms with Crippen molar-refractivity contribution in [1.82, 2.24) is 4.90 Å². The molecule has 0 radical (unpaired) electrons. The fraction of sp³-hybridized carbons (Fsp3) is 0.500. The first-order valence-electron chi connectivity index (χ1n) is 7.36. The highest BCUT2D eigenvalue weighted by atomic mass is 79.9. The summed E-state index contributed by atoms with van der Waals surface area (Å²) in [5, 5.41) is 9.87. The summed E-state index contributed by atoms with van der Waals surface area (Å²) in [4.78, 5) is 25.4. The van der Waals surface area contributed by atoms with Crippen LogP contribution in [0.15, 0.2) is 22.7 Å². The summed E-state index contributed by atoms with van der Waals surface area (Å²) in [7, 11) is 0. The zero-order valence-corrected chi connectivity index (χ0v) is 14.7. The lowest BCUT2D eigenvalue weighted by Gasteiger charge is -2.37. The number of nitrogens with zero attached hydrogens (tertiary/aromatic N) is 1. The highest BCUT2D eigenvalue weighted by Gasteiger charge is 2.34. The molecule has 2 rings (SSSR count). The van der Waals surface area contributed by atoms with E-state index in [0.29, 0.717) is 30.8 Å². The summed E-state index contributed by atoms with van der Waals surface area (Å²) < 4.78 is 0.930. The van der Waals surface area contributed by atoms with Crippen LogP contribution < -0.4 is 0 Å². The van der Waals surface area contributed by atoms with Crippen molar-refractivity contribution in [3.05, 3.63) is 33.3 Å². The number of piperidine rings is 1. The van der Waals surface area contributed by atoms with Crippen molar-refractivity contribution in [3.8, 4) is 0 Å². The van der Waals surface area contributed by atoms with Crippen molar-refractivity contribution < 1.29 is 14.7 Å². The Kier molecular flexibility index (Phi) is 5.87. The van der Waals surface area contributed by atoms with E-state index in [1.54, 1.807) is 11.0 Å². The number of likely N-dealkylation sites (tertiary alicyclic amines) is 1. The van der Waals surface area contributed by atoms with E-state index in [1.165, 1.54) is 0 Å². The maximum atomic E-state index is 12.4. The first kappa shape index (κ1) is 17.3. The fourth-order valence-electron chi connectivity index (χ4n) is 2.95. The number of carbonyl (C=O) groups excluding carboxylic acids is 1. The maximum absolute atomic E-state index is 12.4. The minimum absolute atomic E-state index is 0.00493. The van der Waals surface area contributed by atoms with Crippen molar-refractivity contribution in [2.24, 2.45) is 5.92 Å². The maximum Gasteiger partial charge on any atom is 0.308 e. The zero-order valence-electron chi connectivity index (χ0n) is 12.4. The second-order valence-electron chi connectivity index (χ2n) is 5.65. The first-order valence-corrected chi connectivity index (χ1v) is 8.53. The molecule has 0 aromatic heterocycles. The molecule has 1 aliphatic heterocycles. The number of halogens is 2. The Bertz CT molecular complexity index is 579. The second kappa shape index (κ2) is 7.47. The smallest absolute Gasteiger partial charge is 0.308 e. The molecule has 1 aliphatic rings. The largest absolute Gasteiger partial charge is 0.481 e. The molecule has 1 saturated heterocycles. The number of carboxylic acid groups (broad SMARTS) is 1. The SMILES string of the molecule is C[C@@H]1[C@H](C(=O)O)CCCN1C(=O)CCc1cc(Cl)ccc1Br. The normalized spacial score (nSPS) is 21.7. The van der Waals surface area contributed by atoms with Gasteiger partial charge in [0.15, 0.2) is 0 Å². The molecular formula is C16H19BrClNO3. The molecular weight excluding hydrogens is 370 g/mol. The van der Waals surface area contributed by atoms with Gasteiger partial charge in [0.05, 0.1) is 5.92 Å². The predicted molar refractivity (Wildman–Crippen MR) is 89.0 cm³/mol. The third kappa shape index (κ3) is 4.02. The Morgan fingerprint density at radius 2 is 2.18 bits per heavy atom. The molecule has 0 spiro atoms. The molecule has 120 valence electrons. The summed E-state index contributed by atoms with van der Waals surface area (Å²) in [6.07, 6.45) is 2.32. The molecule has 2 atom stereocenters. The molecule has 0 unspecified atom stereocenters. The summed E-state index contributed by atoms with van der Waals surface area (Å²) in [5.41, 5.74) is 0.986. The van der Waals surface area contributed by atoms with Crippen LogP contribution in [-0.4, -0.2) is 34.5 Å². The highest BCUT2D eigenvalue weighted by Crippen LogP contribution is 2.26. The number of aryl methyl sites for hydroxylation is 1. The van der Waals surface area contributed by atoms with Crippen LogP contribution in [0.2, 0.25) is 5.02 Å². The van der Waals surface area contributed by atoms with Crippen molar-refractivity contribution >= 4 is 39.4 Å². The molecule has 1 N–H and O–H groups in total. The molecule has 0 aliphatic carbocycles. The number of benzene rings is 1. The van der Waals surface area contributed by atoms with Crippen molar-refractivity contribution in [2.45, 2.75) is 38.6 Å². The summed E-state index contributed by atoms with van der Waals surface area (Å²) in [5.74, 6) is -1.27. The lowest BCUT2D eigenvalue weighted by atomic mass is 9.90. The minimum atomic E-state index is -0.817. The van der Waals surface area contributed by atoms with Crippen molar-refractivity contribution in [1.29, 1.82) is 0 Å². The van der Waals surface area contributed by atoms with Gasteiger partial charge in [0.2, 0.25) is 5.91 Å². The van der Waals surface area contributed by atoms with Crippen LogP contribution in [0, 0.1) is 5.92 Å². The van der Waals surface area contributed by atoms with Gasteiger partial charge in [-0.05, 0) is 49.9 Å².